The first-order valence-corrected chi connectivity index (χ1v) is 3.21. The third kappa shape index (κ3) is 2.61. The van der Waals surface area contributed by atoms with Crippen molar-refractivity contribution in [1.29, 1.82) is 0 Å². The Morgan fingerprint density at radius 2 is 1.78 bits per heavy atom. The molecule has 0 aliphatic rings. The van der Waals surface area contributed by atoms with E-state index in [0.29, 0.717) is 5.92 Å². The van der Waals surface area contributed by atoms with Gasteiger partial charge in [0.1, 0.15) is 6.29 Å². The maximum atomic E-state index is 10.3. The predicted octanol–water partition coefficient (Wildman–Crippen LogP) is 0.772. The topological polar surface area (TPSA) is 20.3 Å². The van der Waals surface area contributed by atoms with Gasteiger partial charge in [-0.25, -0.2) is 0 Å². The predicted molar refractivity (Wildman–Crippen MR) is 38.4 cm³/mol. The summed E-state index contributed by atoms with van der Waals surface area (Å²) in [6, 6.07) is 0.0741. The smallest absolute Gasteiger partial charge is 0.137 e. The van der Waals surface area contributed by atoms with Gasteiger partial charge in [-0.05, 0) is 20.0 Å². The fourth-order valence-corrected chi connectivity index (χ4v) is 0.875. The van der Waals surface area contributed by atoms with Gasteiger partial charge >= 0.3 is 0 Å². The SMILES string of the molecule is CC(C)C([13CH]=[18O])[15N](C)C. The molecule has 0 aromatic carbocycles. The Balaban J connectivity index is 3.82. The van der Waals surface area contributed by atoms with Crippen LogP contribution in [0.2, 0.25) is 0 Å². The normalized spacial score (nSPS) is 14.4. The Hall–Kier alpha value is -0.370. The van der Waals surface area contributed by atoms with Crippen LogP contribution in [0.1, 0.15) is 13.8 Å². The van der Waals surface area contributed by atoms with Crippen molar-refractivity contribution in [1.82, 2.24) is 4.90 Å². The van der Waals surface area contributed by atoms with Gasteiger partial charge in [0.15, 0.2) is 0 Å². The van der Waals surface area contributed by atoms with E-state index in [1.54, 1.807) is 0 Å². The van der Waals surface area contributed by atoms with Crippen molar-refractivity contribution in [2.24, 2.45) is 5.92 Å². The van der Waals surface area contributed by atoms with E-state index < -0.39 is 0 Å². The van der Waals surface area contributed by atoms with Gasteiger partial charge in [0.05, 0.1) is 6.04 Å². The third-order valence-corrected chi connectivity index (χ3v) is 1.42. The van der Waals surface area contributed by atoms with Crippen LogP contribution in [-0.4, -0.2) is 31.3 Å². The first-order chi connectivity index (χ1) is 4.09. The molecule has 2 nitrogen and oxygen atoms in total. The van der Waals surface area contributed by atoms with E-state index in [4.69, 9.17) is 0 Å². The Labute approximate surface area is 56.9 Å². The van der Waals surface area contributed by atoms with Crippen LogP contribution in [0.5, 0.6) is 0 Å². The Morgan fingerprint density at radius 1 is 1.33 bits per heavy atom. The second-order valence-corrected chi connectivity index (χ2v) is 2.83. The first-order valence-electron chi connectivity index (χ1n) is 3.21. The number of carbonyl (C=O) groups excluding carboxylic acids is 1. The summed E-state index contributed by atoms with van der Waals surface area (Å²) in [6.45, 7) is 4.08. The Morgan fingerprint density at radius 3 is 1.78 bits per heavy atom. The van der Waals surface area contributed by atoms with E-state index in [2.05, 4.69) is 0 Å². The molecule has 0 spiro atoms. The fourth-order valence-electron chi connectivity index (χ4n) is 0.875. The summed E-state index contributed by atoms with van der Waals surface area (Å²) < 4.78 is 0. The summed E-state index contributed by atoms with van der Waals surface area (Å²) >= 11 is 0. The highest BCUT2D eigenvalue weighted by Crippen LogP contribution is 2.02. The molecular weight excluding hydrogens is 118 g/mol. The molecule has 54 valence electrons. The highest BCUT2D eigenvalue weighted by atomic mass is 18.1. The lowest BCUT2D eigenvalue weighted by molar-refractivity contribution is -0.112. The zero-order valence-corrected chi connectivity index (χ0v) is 6.59. The summed E-state index contributed by atoms with van der Waals surface area (Å²) in [5.41, 5.74) is 0. The van der Waals surface area contributed by atoms with Crippen LogP contribution in [0.4, 0.5) is 0 Å². The molecule has 2 heteroatoms. The molecule has 0 rings (SSSR count). The molecule has 0 aliphatic carbocycles. The summed E-state index contributed by atoms with van der Waals surface area (Å²) in [5.74, 6) is 0.414. The largest absolute Gasteiger partial charge is 0.302 e. The number of likely N-dealkylation sites (N-methyl/N-ethyl adjacent to an activating group) is 1. The van der Waals surface area contributed by atoms with Crippen LogP contribution >= 0.6 is 0 Å². The lowest BCUT2D eigenvalue weighted by Gasteiger charge is -2.21. The van der Waals surface area contributed by atoms with Crippen molar-refractivity contribution in [2.45, 2.75) is 19.9 Å². The van der Waals surface area contributed by atoms with Crippen LogP contribution in [0.15, 0.2) is 0 Å². The van der Waals surface area contributed by atoms with Gasteiger partial charge in [-0.2, -0.15) is 0 Å². The van der Waals surface area contributed by atoms with Crippen molar-refractivity contribution < 1.29 is 4.79 Å². The number of rotatable bonds is 3. The Kier molecular flexibility index (Phi) is 3.47. The van der Waals surface area contributed by atoms with Gasteiger partial charge in [-0.3, -0.25) is 4.90 Å². The monoisotopic (exact) mass is 133 g/mol. The van der Waals surface area contributed by atoms with Crippen LogP contribution in [0, 0.1) is 5.92 Å². The molecule has 1 unspecified atom stereocenters. The van der Waals surface area contributed by atoms with E-state index in [1.807, 2.05) is 32.8 Å². The molecule has 0 aromatic rings. The van der Waals surface area contributed by atoms with Crippen LogP contribution in [0.25, 0.3) is 0 Å². The number of nitrogens with zero attached hydrogens (tertiary/aromatic N) is 1. The highest BCUT2D eigenvalue weighted by Gasteiger charge is 2.12. The zero-order valence-electron chi connectivity index (χ0n) is 6.59. The van der Waals surface area contributed by atoms with Gasteiger partial charge < -0.3 is 4.79 Å². The molecule has 9 heavy (non-hydrogen) atoms. The van der Waals surface area contributed by atoms with Gasteiger partial charge in [0, 0.05) is 0 Å². The summed E-state index contributed by atoms with van der Waals surface area (Å²) in [6.07, 6.45) is 0.991. The minimum atomic E-state index is 0.0741. The summed E-state index contributed by atoms with van der Waals surface area (Å²) in [5, 5.41) is 0. The minimum absolute atomic E-state index is 0.0741. The lowest BCUT2D eigenvalue weighted by Crippen LogP contribution is -2.33. The van der Waals surface area contributed by atoms with Crippen LogP contribution < -0.4 is 0 Å². The lowest BCUT2D eigenvalue weighted by atomic mass is 10.1. The average Bonchev–Trinajstić information content (AvgIpc) is 1.64. The quantitative estimate of drug-likeness (QED) is 0.245. The number of hydrogen-bond acceptors (Lipinski definition) is 2. The second kappa shape index (κ2) is 3.62. The van der Waals surface area contributed by atoms with Crippen molar-refractivity contribution in [3.8, 4) is 0 Å². The molecular formula is C7H15NO. The zero-order chi connectivity index (χ0) is 7.44. The van der Waals surface area contributed by atoms with E-state index in [1.165, 1.54) is 0 Å². The van der Waals surface area contributed by atoms with Gasteiger partial charge in [-0.15, -0.1) is 0 Å². The fraction of sp³-hybridized carbons (Fsp3) is 0.857. The molecule has 0 amide bonds. The molecule has 0 bridgehead atoms. The molecule has 0 fully saturated rings. The van der Waals surface area contributed by atoms with E-state index in [-0.39, 0.29) is 6.04 Å². The molecule has 0 heterocycles. The standard InChI is InChI=1S/C7H15NO/c1-6(2)7(5-9)8(3)4/h5-7H,1-4H3/i5+1,8+1,9+2. The van der Waals surface area contributed by atoms with Gasteiger partial charge in [-0.1, -0.05) is 13.8 Å². The number of aldehydes is 1. The minimum Gasteiger partial charge on any atom is -0.302 e. The first kappa shape index (κ1) is 8.63. The van der Waals surface area contributed by atoms with Crippen molar-refractivity contribution >= 4 is 6.29 Å². The maximum Gasteiger partial charge on any atom is 0.137 e. The third-order valence-electron chi connectivity index (χ3n) is 1.42. The number of carbonyl (C=O) groups is 1. The molecule has 0 radical (unpaired) electrons. The van der Waals surface area contributed by atoms with E-state index >= 15 is 0 Å². The molecule has 0 saturated carbocycles. The second-order valence-electron chi connectivity index (χ2n) is 2.83. The summed E-state index contributed by atoms with van der Waals surface area (Å²) in [4.78, 5) is 12.3. The summed E-state index contributed by atoms with van der Waals surface area (Å²) in [7, 11) is 3.83. The van der Waals surface area contributed by atoms with Crippen molar-refractivity contribution in [3.05, 3.63) is 0 Å². The highest BCUT2D eigenvalue weighted by molar-refractivity contribution is 5.57. The Bertz CT molecular complexity index is 80.9. The van der Waals surface area contributed by atoms with E-state index in [0.717, 1.165) is 6.29 Å². The molecule has 0 saturated heterocycles. The molecule has 0 aliphatic heterocycles. The van der Waals surface area contributed by atoms with Gasteiger partial charge in [0.2, 0.25) is 0 Å². The van der Waals surface area contributed by atoms with Gasteiger partial charge in [0.25, 0.3) is 0 Å². The van der Waals surface area contributed by atoms with Crippen LogP contribution in [-0.2, 0) is 4.79 Å². The molecule has 0 aromatic heterocycles. The average molecular weight is 133 g/mol. The van der Waals surface area contributed by atoms with Crippen molar-refractivity contribution in [2.75, 3.05) is 14.1 Å². The van der Waals surface area contributed by atoms with E-state index in [9.17, 15) is 4.79 Å². The molecule has 1 atom stereocenters. The maximum absolute atomic E-state index is 10.3. The van der Waals surface area contributed by atoms with Crippen LogP contribution in [0.3, 0.4) is 0 Å². The molecule has 0 N–H and O–H groups in total. The number of hydrogen-bond donors (Lipinski definition) is 0. The van der Waals surface area contributed by atoms with Crippen molar-refractivity contribution in [3.63, 3.8) is 0 Å².